The summed E-state index contributed by atoms with van der Waals surface area (Å²) in [6.45, 7) is 6.00. The second-order valence-electron chi connectivity index (χ2n) is 4.65. The van der Waals surface area contributed by atoms with E-state index < -0.39 is 0 Å². The average molecular weight is 220 g/mol. The van der Waals surface area contributed by atoms with Crippen LogP contribution in [0.1, 0.15) is 52.9 Å². The molecule has 0 bridgehead atoms. The Hall–Kier alpha value is -0.240. The van der Waals surface area contributed by atoms with Crippen molar-refractivity contribution in [2.45, 2.75) is 58.4 Å². The van der Waals surface area contributed by atoms with Crippen LogP contribution < -0.4 is 5.32 Å². The Morgan fingerprint density at radius 3 is 2.21 bits per heavy atom. The van der Waals surface area contributed by atoms with E-state index in [1.165, 1.54) is 0 Å². The summed E-state index contributed by atoms with van der Waals surface area (Å²) in [7, 11) is 0. The zero-order valence-corrected chi connectivity index (χ0v) is 10.3. The minimum absolute atomic E-state index is 0.104. The minimum Gasteiger partial charge on any atom is -0.352 e. The third-order valence-electron chi connectivity index (χ3n) is 1.80. The first-order chi connectivity index (χ1) is 6.45. The molecule has 0 rings (SSSR count). The van der Waals surface area contributed by atoms with Crippen LogP contribution in [0, 0.1) is 0 Å². The normalized spacial score (nSPS) is 11.4. The molecule has 0 radical (unpaired) electrons. The molecule has 3 heteroatoms. The number of hydrogen-bond acceptors (Lipinski definition) is 1. The van der Waals surface area contributed by atoms with Crippen LogP contribution in [-0.4, -0.2) is 17.3 Å². The first kappa shape index (κ1) is 13.8. The lowest BCUT2D eigenvalue weighted by Crippen LogP contribution is -2.40. The van der Waals surface area contributed by atoms with Gasteiger partial charge in [0.1, 0.15) is 0 Å². The van der Waals surface area contributed by atoms with Gasteiger partial charge in [-0.25, -0.2) is 0 Å². The quantitative estimate of drug-likeness (QED) is 0.540. The zero-order valence-electron chi connectivity index (χ0n) is 9.53. The highest BCUT2D eigenvalue weighted by Gasteiger charge is 2.12. The van der Waals surface area contributed by atoms with Gasteiger partial charge in [-0.3, -0.25) is 4.79 Å². The number of halogens is 1. The van der Waals surface area contributed by atoms with Crippen molar-refractivity contribution in [2.75, 3.05) is 5.88 Å². The van der Waals surface area contributed by atoms with Crippen LogP contribution in [0.15, 0.2) is 0 Å². The number of alkyl halides is 1. The summed E-state index contributed by atoms with van der Waals surface area (Å²) in [5.41, 5.74) is -0.104. The number of carbonyl (C=O) groups is 1. The molecular weight excluding hydrogens is 198 g/mol. The van der Waals surface area contributed by atoms with E-state index >= 15 is 0 Å². The lowest BCUT2D eigenvalue weighted by Gasteiger charge is -2.20. The molecule has 0 aliphatic heterocycles. The van der Waals surface area contributed by atoms with E-state index in [2.05, 4.69) is 5.32 Å². The number of hydrogen-bond donors (Lipinski definition) is 1. The van der Waals surface area contributed by atoms with Gasteiger partial charge in [-0.05, 0) is 33.6 Å². The molecule has 0 atom stereocenters. The molecule has 1 N–H and O–H groups in total. The van der Waals surface area contributed by atoms with Gasteiger partial charge in [0.15, 0.2) is 0 Å². The van der Waals surface area contributed by atoms with Gasteiger partial charge in [-0.15, -0.1) is 11.6 Å². The maximum atomic E-state index is 11.4. The first-order valence-corrected chi connectivity index (χ1v) is 5.86. The molecule has 2 nitrogen and oxygen atoms in total. The molecular formula is C11H22ClNO. The van der Waals surface area contributed by atoms with Gasteiger partial charge in [0.25, 0.3) is 0 Å². The van der Waals surface area contributed by atoms with E-state index in [1.807, 2.05) is 20.8 Å². The van der Waals surface area contributed by atoms with Crippen molar-refractivity contribution in [1.82, 2.24) is 5.32 Å². The average Bonchev–Trinajstić information content (AvgIpc) is 2.00. The topological polar surface area (TPSA) is 29.1 Å². The fourth-order valence-electron chi connectivity index (χ4n) is 1.21. The highest BCUT2D eigenvalue weighted by atomic mass is 35.5. The molecule has 1 amide bonds. The van der Waals surface area contributed by atoms with Crippen molar-refractivity contribution in [3.63, 3.8) is 0 Å². The molecule has 0 aromatic rings. The molecule has 0 aromatic carbocycles. The molecule has 0 aliphatic carbocycles. The van der Waals surface area contributed by atoms with Gasteiger partial charge >= 0.3 is 0 Å². The fourth-order valence-corrected chi connectivity index (χ4v) is 1.40. The smallest absolute Gasteiger partial charge is 0.220 e. The summed E-state index contributed by atoms with van der Waals surface area (Å²) >= 11 is 5.55. The second kappa shape index (κ2) is 7.10. The predicted octanol–water partition coefficient (Wildman–Crippen LogP) is 3.09. The third kappa shape index (κ3) is 9.85. The van der Waals surface area contributed by atoms with Gasteiger partial charge in [0.05, 0.1) is 0 Å². The van der Waals surface area contributed by atoms with E-state index in [0.717, 1.165) is 31.6 Å². The van der Waals surface area contributed by atoms with Crippen LogP contribution in [-0.2, 0) is 4.79 Å². The Bertz CT molecular complexity index is 163. The van der Waals surface area contributed by atoms with Crippen LogP contribution in [0.25, 0.3) is 0 Å². The van der Waals surface area contributed by atoms with Crippen molar-refractivity contribution >= 4 is 17.5 Å². The summed E-state index contributed by atoms with van der Waals surface area (Å²) in [6, 6.07) is 0. The van der Waals surface area contributed by atoms with Crippen molar-refractivity contribution in [1.29, 1.82) is 0 Å². The molecule has 0 saturated carbocycles. The lowest BCUT2D eigenvalue weighted by atomic mass is 10.1. The maximum Gasteiger partial charge on any atom is 0.220 e. The van der Waals surface area contributed by atoms with Gasteiger partial charge in [-0.1, -0.05) is 12.8 Å². The Labute approximate surface area is 92.4 Å². The van der Waals surface area contributed by atoms with E-state index in [-0.39, 0.29) is 11.4 Å². The van der Waals surface area contributed by atoms with Crippen molar-refractivity contribution in [2.24, 2.45) is 0 Å². The van der Waals surface area contributed by atoms with Gasteiger partial charge in [0.2, 0.25) is 5.91 Å². The van der Waals surface area contributed by atoms with Crippen LogP contribution >= 0.6 is 11.6 Å². The van der Waals surface area contributed by atoms with Gasteiger partial charge in [-0.2, -0.15) is 0 Å². The monoisotopic (exact) mass is 219 g/mol. The Kier molecular flexibility index (Phi) is 6.98. The van der Waals surface area contributed by atoms with Gasteiger partial charge < -0.3 is 5.32 Å². The molecule has 84 valence electrons. The molecule has 0 aromatic heterocycles. The van der Waals surface area contributed by atoms with Crippen molar-refractivity contribution in [3.05, 3.63) is 0 Å². The third-order valence-corrected chi connectivity index (χ3v) is 2.07. The summed E-state index contributed by atoms with van der Waals surface area (Å²) < 4.78 is 0. The molecule has 0 saturated heterocycles. The summed E-state index contributed by atoms with van der Waals surface area (Å²) in [4.78, 5) is 11.4. The number of unbranched alkanes of at least 4 members (excludes halogenated alkanes) is 3. The maximum absolute atomic E-state index is 11.4. The number of carbonyl (C=O) groups excluding carboxylic acids is 1. The Balaban J connectivity index is 3.36. The molecule has 0 fully saturated rings. The number of amides is 1. The Morgan fingerprint density at radius 1 is 1.14 bits per heavy atom. The highest BCUT2D eigenvalue weighted by molar-refractivity contribution is 6.17. The Morgan fingerprint density at radius 2 is 1.71 bits per heavy atom. The van der Waals surface area contributed by atoms with Crippen molar-refractivity contribution in [3.8, 4) is 0 Å². The minimum atomic E-state index is -0.104. The van der Waals surface area contributed by atoms with E-state index in [9.17, 15) is 4.79 Å². The molecule has 0 spiro atoms. The summed E-state index contributed by atoms with van der Waals surface area (Å²) in [5.74, 6) is 0.886. The van der Waals surface area contributed by atoms with E-state index in [0.29, 0.717) is 6.42 Å². The largest absolute Gasteiger partial charge is 0.352 e. The molecule has 0 aliphatic rings. The lowest BCUT2D eigenvalue weighted by molar-refractivity contribution is -0.122. The van der Waals surface area contributed by atoms with Crippen molar-refractivity contribution < 1.29 is 4.79 Å². The summed E-state index contributed by atoms with van der Waals surface area (Å²) in [5, 5.41) is 2.95. The fraction of sp³-hybridized carbons (Fsp3) is 0.909. The SMILES string of the molecule is CC(C)(C)NC(=O)CCCCCCCl. The molecule has 0 unspecified atom stereocenters. The molecule has 14 heavy (non-hydrogen) atoms. The first-order valence-electron chi connectivity index (χ1n) is 5.32. The van der Waals surface area contributed by atoms with Crippen LogP contribution in [0.5, 0.6) is 0 Å². The van der Waals surface area contributed by atoms with Crippen LogP contribution in [0.4, 0.5) is 0 Å². The predicted molar refractivity (Wildman–Crippen MR) is 61.7 cm³/mol. The highest BCUT2D eigenvalue weighted by Crippen LogP contribution is 2.05. The number of rotatable bonds is 6. The van der Waals surface area contributed by atoms with E-state index in [4.69, 9.17) is 11.6 Å². The summed E-state index contributed by atoms with van der Waals surface area (Å²) in [6.07, 6.45) is 4.90. The van der Waals surface area contributed by atoms with Crippen LogP contribution in [0.2, 0.25) is 0 Å². The molecule has 0 heterocycles. The van der Waals surface area contributed by atoms with Gasteiger partial charge in [0, 0.05) is 17.8 Å². The number of nitrogens with one attached hydrogen (secondary N) is 1. The van der Waals surface area contributed by atoms with E-state index in [1.54, 1.807) is 0 Å². The standard InChI is InChI=1S/C11H22ClNO/c1-11(2,3)13-10(14)8-6-4-5-7-9-12/h4-9H2,1-3H3,(H,13,14). The second-order valence-corrected chi connectivity index (χ2v) is 5.03. The van der Waals surface area contributed by atoms with Crippen LogP contribution in [0.3, 0.4) is 0 Å². The zero-order chi connectivity index (χ0) is 11.0.